The molecule has 122 valence electrons. The number of likely N-dealkylation sites (tertiary alicyclic amines) is 1. The minimum Gasteiger partial charge on any atom is -0.395 e. The highest BCUT2D eigenvalue weighted by molar-refractivity contribution is 5.95. The molecule has 1 atom stereocenters. The number of aliphatic hydroxyl groups is 1. The molecule has 1 aliphatic heterocycles. The quantitative estimate of drug-likeness (QED) is 0.808. The van der Waals surface area contributed by atoms with Gasteiger partial charge in [-0.3, -0.25) is 9.69 Å². The number of likely N-dealkylation sites (N-methyl/N-ethyl adjacent to an activating group) is 1. The molecule has 1 heterocycles. The van der Waals surface area contributed by atoms with Gasteiger partial charge in [0.05, 0.1) is 12.6 Å². The maximum atomic E-state index is 12.4. The second-order valence-corrected chi connectivity index (χ2v) is 5.88. The fourth-order valence-corrected chi connectivity index (χ4v) is 2.98. The number of nitrogens with one attached hydrogen (secondary N) is 1. The zero-order chi connectivity index (χ0) is 15.9. The molecule has 0 aliphatic carbocycles. The van der Waals surface area contributed by atoms with Gasteiger partial charge >= 0.3 is 0 Å². The predicted octanol–water partition coefficient (Wildman–Crippen LogP) is 1.93. The van der Waals surface area contributed by atoms with Gasteiger partial charge in [0, 0.05) is 25.0 Å². The molecule has 0 saturated carbocycles. The van der Waals surface area contributed by atoms with E-state index < -0.39 is 0 Å². The lowest BCUT2D eigenvalue weighted by atomic mass is 10.2. The SMILES string of the molecule is CCCN1CCCC1C(=O)Nc1ccc(N(C)CCO)cc1. The summed E-state index contributed by atoms with van der Waals surface area (Å²) in [4.78, 5) is 16.7. The molecular formula is C17H27N3O2. The van der Waals surface area contributed by atoms with E-state index in [1.54, 1.807) is 0 Å². The van der Waals surface area contributed by atoms with Gasteiger partial charge in [-0.1, -0.05) is 6.92 Å². The molecule has 1 aromatic carbocycles. The molecule has 22 heavy (non-hydrogen) atoms. The summed E-state index contributed by atoms with van der Waals surface area (Å²) >= 11 is 0. The lowest BCUT2D eigenvalue weighted by Gasteiger charge is -2.23. The van der Waals surface area contributed by atoms with Crippen LogP contribution in [0.5, 0.6) is 0 Å². The second kappa shape index (κ2) is 8.15. The molecular weight excluding hydrogens is 278 g/mol. The van der Waals surface area contributed by atoms with Crippen LogP contribution in [0.1, 0.15) is 26.2 Å². The van der Waals surface area contributed by atoms with Gasteiger partial charge in [-0.05, 0) is 56.6 Å². The maximum Gasteiger partial charge on any atom is 0.241 e. The van der Waals surface area contributed by atoms with Crippen molar-refractivity contribution < 1.29 is 9.90 Å². The van der Waals surface area contributed by atoms with Crippen molar-refractivity contribution >= 4 is 17.3 Å². The summed E-state index contributed by atoms with van der Waals surface area (Å²) in [7, 11) is 1.94. The van der Waals surface area contributed by atoms with Crippen molar-refractivity contribution in [2.75, 3.05) is 43.5 Å². The fraction of sp³-hybridized carbons (Fsp3) is 0.588. The van der Waals surface area contributed by atoms with Crippen LogP contribution in [0.2, 0.25) is 0 Å². The van der Waals surface area contributed by atoms with E-state index in [1.807, 2.05) is 36.2 Å². The van der Waals surface area contributed by atoms with E-state index in [0.29, 0.717) is 6.54 Å². The first-order chi connectivity index (χ1) is 10.7. The van der Waals surface area contributed by atoms with Crippen LogP contribution >= 0.6 is 0 Å². The molecule has 0 spiro atoms. The number of carbonyl (C=O) groups excluding carboxylic acids is 1. The fourth-order valence-electron chi connectivity index (χ4n) is 2.98. The minimum absolute atomic E-state index is 0.0108. The van der Waals surface area contributed by atoms with Crippen LogP contribution < -0.4 is 10.2 Å². The van der Waals surface area contributed by atoms with E-state index in [9.17, 15) is 4.79 Å². The Balaban J connectivity index is 1.94. The maximum absolute atomic E-state index is 12.4. The van der Waals surface area contributed by atoms with E-state index in [0.717, 1.165) is 43.7 Å². The van der Waals surface area contributed by atoms with Gasteiger partial charge in [0.2, 0.25) is 5.91 Å². The van der Waals surface area contributed by atoms with Crippen molar-refractivity contribution in [1.29, 1.82) is 0 Å². The molecule has 0 aromatic heterocycles. The summed E-state index contributed by atoms with van der Waals surface area (Å²) in [5, 5.41) is 12.0. The zero-order valence-corrected chi connectivity index (χ0v) is 13.6. The van der Waals surface area contributed by atoms with Crippen molar-refractivity contribution in [3.8, 4) is 0 Å². The highest BCUT2D eigenvalue weighted by atomic mass is 16.3. The Bertz CT molecular complexity index is 475. The minimum atomic E-state index is 0.0108. The lowest BCUT2D eigenvalue weighted by Crippen LogP contribution is -2.39. The summed E-state index contributed by atoms with van der Waals surface area (Å²) in [6.07, 6.45) is 3.13. The average molecular weight is 305 g/mol. The monoisotopic (exact) mass is 305 g/mol. The predicted molar refractivity (Wildman–Crippen MR) is 90.3 cm³/mol. The highest BCUT2D eigenvalue weighted by Gasteiger charge is 2.29. The Labute approximate surface area is 132 Å². The molecule has 0 bridgehead atoms. The van der Waals surface area contributed by atoms with Crippen molar-refractivity contribution in [2.45, 2.75) is 32.2 Å². The molecule has 1 unspecified atom stereocenters. The van der Waals surface area contributed by atoms with Gasteiger partial charge in [-0.15, -0.1) is 0 Å². The number of hydrogen-bond acceptors (Lipinski definition) is 4. The largest absolute Gasteiger partial charge is 0.395 e. The van der Waals surface area contributed by atoms with Crippen molar-refractivity contribution in [2.24, 2.45) is 0 Å². The summed E-state index contributed by atoms with van der Waals surface area (Å²) in [6.45, 7) is 4.89. The number of aliphatic hydroxyl groups excluding tert-OH is 1. The Kier molecular flexibility index (Phi) is 6.21. The molecule has 1 aromatic rings. The van der Waals surface area contributed by atoms with Crippen LogP contribution in [-0.4, -0.2) is 55.2 Å². The number of rotatable bonds is 7. The van der Waals surface area contributed by atoms with E-state index >= 15 is 0 Å². The molecule has 5 nitrogen and oxygen atoms in total. The first-order valence-corrected chi connectivity index (χ1v) is 8.12. The number of amides is 1. The van der Waals surface area contributed by atoms with E-state index in [2.05, 4.69) is 17.1 Å². The van der Waals surface area contributed by atoms with E-state index in [4.69, 9.17) is 5.11 Å². The first-order valence-electron chi connectivity index (χ1n) is 8.12. The molecule has 1 amide bonds. The number of nitrogens with zero attached hydrogens (tertiary/aromatic N) is 2. The normalized spacial score (nSPS) is 18.4. The second-order valence-electron chi connectivity index (χ2n) is 5.88. The number of hydrogen-bond donors (Lipinski definition) is 2. The molecule has 5 heteroatoms. The molecule has 1 aliphatic rings. The molecule has 1 fully saturated rings. The van der Waals surface area contributed by atoms with Crippen LogP contribution in [-0.2, 0) is 4.79 Å². The number of anilines is 2. The standard InChI is InChI=1S/C17H27N3O2/c1-3-10-20-11-4-5-16(20)17(22)18-14-6-8-15(9-7-14)19(2)12-13-21/h6-9,16,21H,3-5,10-13H2,1-2H3,(H,18,22). The topological polar surface area (TPSA) is 55.8 Å². The van der Waals surface area contributed by atoms with Crippen LogP contribution in [0.4, 0.5) is 11.4 Å². The zero-order valence-electron chi connectivity index (χ0n) is 13.6. The van der Waals surface area contributed by atoms with Gasteiger partial charge in [0.15, 0.2) is 0 Å². The van der Waals surface area contributed by atoms with Crippen molar-refractivity contribution in [3.63, 3.8) is 0 Å². The smallest absolute Gasteiger partial charge is 0.241 e. The summed E-state index contributed by atoms with van der Waals surface area (Å²) in [6, 6.07) is 7.77. The van der Waals surface area contributed by atoms with E-state index in [-0.39, 0.29) is 18.6 Å². The van der Waals surface area contributed by atoms with Crippen molar-refractivity contribution in [3.05, 3.63) is 24.3 Å². The van der Waals surface area contributed by atoms with Crippen molar-refractivity contribution in [1.82, 2.24) is 4.90 Å². The molecule has 2 N–H and O–H groups in total. The van der Waals surface area contributed by atoms with Gasteiger partial charge in [0.25, 0.3) is 0 Å². The van der Waals surface area contributed by atoms with Crippen LogP contribution in [0, 0.1) is 0 Å². The third kappa shape index (κ3) is 4.21. The third-order valence-electron chi connectivity index (χ3n) is 4.19. The number of carbonyl (C=O) groups is 1. The number of benzene rings is 1. The van der Waals surface area contributed by atoms with Crippen LogP contribution in [0.15, 0.2) is 24.3 Å². The van der Waals surface area contributed by atoms with Gasteiger partial charge < -0.3 is 15.3 Å². The lowest BCUT2D eigenvalue weighted by molar-refractivity contribution is -0.120. The van der Waals surface area contributed by atoms with E-state index in [1.165, 1.54) is 0 Å². The van der Waals surface area contributed by atoms with Gasteiger partial charge in [0.1, 0.15) is 0 Å². The molecule has 0 radical (unpaired) electrons. The summed E-state index contributed by atoms with van der Waals surface area (Å²) in [5.41, 5.74) is 1.86. The van der Waals surface area contributed by atoms with Crippen LogP contribution in [0.25, 0.3) is 0 Å². The van der Waals surface area contributed by atoms with Gasteiger partial charge in [-0.2, -0.15) is 0 Å². The third-order valence-corrected chi connectivity index (χ3v) is 4.19. The summed E-state index contributed by atoms with van der Waals surface area (Å²) in [5.74, 6) is 0.0995. The molecule has 1 saturated heterocycles. The average Bonchev–Trinajstić information content (AvgIpc) is 2.97. The Hall–Kier alpha value is -1.59. The Morgan fingerprint density at radius 3 is 2.77 bits per heavy atom. The Morgan fingerprint density at radius 2 is 2.14 bits per heavy atom. The molecule has 2 rings (SSSR count). The Morgan fingerprint density at radius 1 is 1.41 bits per heavy atom. The first kappa shape index (κ1) is 16.8. The summed E-state index contributed by atoms with van der Waals surface area (Å²) < 4.78 is 0. The van der Waals surface area contributed by atoms with Crippen LogP contribution in [0.3, 0.4) is 0 Å². The highest BCUT2D eigenvalue weighted by Crippen LogP contribution is 2.21. The van der Waals surface area contributed by atoms with Gasteiger partial charge in [-0.25, -0.2) is 0 Å².